The number of hydrogen-bond donors (Lipinski definition) is 2. The molecule has 0 heterocycles. The van der Waals surface area contributed by atoms with Crippen molar-refractivity contribution in [3.05, 3.63) is 69.8 Å². The molecule has 0 aliphatic rings. The number of rotatable bonds is 8. The Morgan fingerprint density at radius 1 is 1.12 bits per heavy atom. The lowest BCUT2D eigenvalue weighted by Crippen LogP contribution is -2.27. The minimum Gasteiger partial charge on any atom is -0.346 e. The van der Waals surface area contributed by atoms with E-state index in [1.807, 2.05) is 6.92 Å². The van der Waals surface area contributed by atoms with Crippen LogP contribution in [0.25, 0.3) is 6.08 Å². The summed E-state index contributed by atoms with van der Waals surface area (Å²) in [4.78, 5) is 12.6. The van der Waals surface area contributed by atoms with Gasteiger partial charge >= 0.3 is 6.18 Å². The van der Waals surface area contributed by atoms with Gasteiger partial charge in [0.15, 0.2) is 11.6 Å². The molecular weight excluding hydrogens is 479 g/mol. The maximum Gasteiger partial charge on any atom is 0.416 e. The van der Waals surface area contributed by atoms with Crippen molar-refractivity contribution < 1.29 is 35.2 Å². The highest BCUT2D eigenvalue weighted by Crippen LogP contribution is 2.31. The highest BCUT2D eigenvalue weighted by atomic mass is 32.2. The highest BCUT2D eigenvalue weighted by molar-refractivity contribution is 7.92. The van der Waals surface area contributed by atoms with Crippen molar-refractivity contribution in [2.45, 2.75) is 45.8 Å². The van der Waals surface area contributed by atoms with E-state index in [1.165, 1.54) is 26.0 Å². The molecule has 0 unspecified atom stereocenters. The zero-order valence-corrected chi connectivity index (χ0v) is 19.8. The third-order valence-corrected chi connectivity index (χ3v) is 5.49. The molecule has 2 aromatic carbocycles. The third kappa shape index (κ3) is 7.28. The number of anilines is 1. The number of amides is 1. The smallest absolute Gasteiger partial charge is 0.346 e. The van der Waals surface area contributed by atoms with E-state index in [0.717, 1.165) is 30.5 Å². The average Bonchev–Trinajstić information content (AvgIpc) is 2.70. The highest BCUT2D eigenvalue weighted by Gasteiger charge is 2.30. The number of sulfonamides is 1. The maximum absolute atomic E-state index is 14.2. The predicted molar refractivity (Wildman–Crippen MR) is 120 cm³/mol. The average molecular weight is 505 g/mol. The minimum absolute atomic E-state index is 0.0522. The molecule has 0 bridgehead atoms. The van der Waals surface area contributed by atoms with Crippen molar-refractivity contribution in [2.24, 2.45) is 0 Å². The standard InChI is InChI=1S/C23H25F5N2O3S/c1-5-6-15-10-18(23(26,27)28)8-7-16(15)9-13(2)22(31)29-14(3)17-11-19(24)21(20(25)12-17)30-34(4,32)33/h7-12,14,30H,5-6H2,1-4H3,(H,29,31)/t14-/m1/s1. The van der Waals surface area contributed by atoms with Gasteiger partial charge in [0, 0.05) is 5.57 Å². The van der Waals surface area contributed by atoms with E-state index in [4.69, 9.17) is 0 Å². The van der Waals surface area contributed by atoms with Gasteiger partial charge in [0.2, 0.25) is 15.9 Å². The Morgan fingerprint density at radius 2 is 1.71 bits per heavy atom. The summed E-state index contributed by atoms with van der Waals surface area (Å²) in [6, 6.07) is 4.24. The number of nitrogens with one attached hydrogen (secondary N) is 2. The van der Waals surface area contributed by atoms with Gasteiger partial charge in [-0.05, 0) is 67.3 Å². The first-order valence-corrected chi connectivity index (χ1v) is 12.2. The molecule has 0 fully saturated rings. The van der Waals surface area contributed by atoms with Crippen LogP contribution >= 0.6 is 0 Å². The molecule has 0 saturated heterocycles. The summed E-state index contributed by atoms with van der Waals surface area (Å²) in [5.41, 5.74) is -0.468. The Hall–Kier alpha value is -2.95. The van der Waals surface area contributed by atoms with Gasteiger partial charge in [-0.1, -0.05) is 19.4 Å². The lowest BCUT2D eigenvalue weighted by molar-refractivity contribution is -0.137. The molecule has 0 aliphatic carbocycles. The second-order valence-corrected chi connectivity index (χ2v) is 9.67. The van der Waals surface area contributed by atoms with Crippen LogP contribution in [0.2, 0.25) is 0 Å². The van der Waals surface area contributed by atoms with Crippen molar-refractivity contribution in [3.8, 4) is 0 Å². The van der Waals surface area contributed by atoms with Crippen LogP contribution in [0, 0.1) is 11.6 Å². The van der Waals surface area contributed by atoms with Crippen molar-refractivity contribution in [3.63, 3.8) is 0 Å². The molecule has 2 N–H and O–H groups in total. The predicted octanol–water partition coefficient (Wildman–Crippen LogP) is 5.59. The number of carbonyl (C=O) groups is 1. The van der Waals surface area contributed by atoms with Crippen LogP contribution in [0.4, 0.5) is 27.6 Å². The largest absolute Gasteiger partial charge is 0.416 e. The lowest BCUT2D eigenvalue weighted by atomic mass is 9.98. The molecule has 186 valence electrons. The van der Waals surface area contributed by atoms with E-state index in [0.29, 0.717) is 24.0 Å². The molecule has 0 aliphatic heterocycles. The fraction of sp³-hybridized carbons (Fsp3) is 0.348. The molecule has 11 heteroatoms. The summed E-state index contributed by atoms with van der Waals surface area (Å²) in [5.74, 6) is -2.89. The summed E-state index contributed by atoms with van der Waals surface area (Å²) >= 11 is 0. The van der Waals surface area contributed by atoms with E-state index >= 15 is 0 Å². The monoisotopic (exact) mass is 504 g/mol. The van der Waals surface area contributed by atoms with E-state index in [9.17, 15) is 35.2 Å². The van der Waals surface area contributed by atoms with Crippen molar-refractivity contribution in [1.82, 2.24) is 5.32 Å². The fourth-order valence-corrected chi connectivity index (χ4v) is 3.79. The van der Waals surface area contributed by atoms with E-state index < -0.39 is 51.0 Å². The van der Waals surface area contributed by atoms with E-state index in [2.05, 4.69) is 5.32 Å². The molecule has 1 amide bonds. The van der Waals surface area contributed by atoms with E-state index in [1.54, 1.807) is 4.72 Å². The number of benzene rings is 2. The van der Waals surface area contributed by atoms with Crippen molar-refractivity contribution >= 4 is 27.7 Å². The second-order valence-electron chi connectivity index (χ2n) is 7.92. The van der Waals surface area contributed by atoms with Gasteiger partial charge in [-0.25, -0.2) is 17.2 Å². The fourth-order valence-electron chi connectivity index (χ4n) is 3.23. The molecule has 0 spiro atoms. The van der Waals surface area contributed by atoms with Crippen LogP contribution in [0.1, 0.15) is 55.5 Å². The molecule has 0 radical (unpaired) electrons. The number of hydrogen-bond acceptors (Lipinski definition) is 3. The number of carbonyl (C=O) groups excluding carboxylic acids is 1. The first kappa shape index (κ1) is 27.3. The van der Waals surface area contributed by atoms with Gasteiger partial charge in [0.05, 0.1) is 17.9 Å². The van der Waals surface area contributed by atoms with Crippen molar-refractivity contribution in [1.29, 1.82) is 0 Å². The normalized spacial score (nSPS) is 13.5. The Labute approximate surface area is 195 Å². The maximum atomic E-state index is 14.2. The van der Waals surface area contributed by atoms with Gasteiger partial charge < -0.3 is 5.32 Å². The van der Waals surface area contributed by atoms with Gasteiger partial charge in [-0.2, -0.15) is 13.2 Å². The van der Waals surface area contributed by atoms with Crippen molar-refractivity contribution in [2.75, 3.05) is 11.0 Å². The van der Waals surface area contributed by atoms with Crippen LogP contribution < -0.4 is 10.0 Å². The van der Waals surface area contributed by atoms with Crippen LogP contribution in [0.3, 0.4) is 0 Å². The third-order valence-electron chi connectivity index (χ3n) is 4.92. The Morgan fingerprint density at radius 3 is 2.21 bits per heavy atom. The van der Waals surface area contributed by atoms with Crippen LogP contribution in [-0.4, -0.2) is 20.6 Å². The molecule has 1 atom stereocenters. The van der Waals surface area contributed by atoms with Gasteiger partial charge in [0.1, 0.15) is 5.69 Å². The number of aryl methyl sites for hydroxylation is 1. The Kier molecular flexibility index (Phi) is 8.46. The summed E-state index contributed by atoms with van der Waals surface area (Å²) in [7, 11) is -3.90. The van der Waals surface area contributed by atoms with Crippen LogP contribution in [-0.2, 0) is 27.4 Å². The molecule has 5 nitrogen and oxygen atoms in total. The Balaban J connectivity index is 2.25. The number of alkyl halides is 3. The lowest BCUT2D eigenvalue weighted by Gasteiger charge is -2.17. The molecular formula is C23H25F5N2O3S. The van der Waals surface area contributed by atoms with Crippen LogP contribution in [0.5, 0.6) is 0 Å². The SMILES string of the molecule is CCCc1cc(C(F)(F)F)ccc1C=C(C)C(=O)N[C@H](C)c1cc(F)c(NS(C)(=O)=O)c(F)c1. The zero-order chi connectivity index (χ0) is 25.8. The first-order chi connectivity index (χ1) is 15.6. The summed E-state index contributed by atoms with van der Waals surface area (Å²) in [6.07, 6.45) is -1.30. The number of halogens is 5. The Bertz CT molecular complexity index is 1180. The van der Waals surface area contributed by atoms with Gasteiger partial charge in [-0.15, -0.1) is 0 Å². The second kappa shape index (κ2) is 10.5. The van der Waals surface area contributed by atoms with E-state index in [-0.39, 0.29) is 11.1 Å². The van der Waals surface area contributed by atoms with Gasteiger partial charge in [-0.3, -0.25) is 9.52 Å². The summed E-state index contributed by atoms with van der Waals surface area (Å²) < 4.78 is 91.9. The zero-order valence-electron chi connectivity index (χ0n) is 19.0. The summed E-state index contributed by atoms with van der Waals surface area (Å²) in [5, 5.41) is 2.57. The quantitative estimate of drug-likeness (QED) is 0.364. The minimum atomic E-state index is -4.48. The van der Waals surface area contributed by atoms with Crippen LogP contribution in [0.15, 0.2) is 35.9 Å². The molecule has 2 rings (SSSR count). The topological polar surface area (TPSA) is 75.3 Å². The molecule has 34 heavy (non-hydrogen) atoms. The molecule has 0 aromatic heterocycles. The first-order valence-electron chi connectivity index (χ1n) is 10.3. The summed E-state index contributed by atoms with van der Waals surface area (Å²) in [6.45, 7) is 4.77. The molecule has 2 aromatic rings. The molecule has 0 saturated carbocycles. The van der Waals surface area contributed by atoms with Gasteiger partial charge in [0.25, 0.3) is 0 Å².